The summed E-state index contributed by atoms with van der Waals surface area (Å²) in [6.07, 6.45) is 13.4. The number of nitrogens with zero attached hydrogens (tertiary/aromatic N) is 2. The Morgan fingerprint density at radius 2 is 1.42 bits per heavy atom. The number of aromatic nitrogens is 2. The van der Waals surface area contributed by atoms with Gasteiger partial charge in [0.1, 0.15) is 11.6 Å². The van der Waals surface area contributed by atoms with Crippen molar-refractivity contribution in [1.82, 2.24) is 9.55 Å². The molecule has 2 fully saturated rings. The van der Waals surface area contributed by atoms with Gasteiger partial charge in [-0.15, -0.1) is 0 Å². The molecule has 2 aliphatic rings. The van der Waals surface area contributed by atoms with Gasteiger partial charge in [0.15, 0.2) is 0 Å². The highest BCUT2D eigenvalue weighted by molar-refractivity contribution is 5.41. The van der Waals surface area contributed by atoms with Crippen LogP contribution in [0.25, 0.3) is 0 Å². The lowest BCUT2D eigenvalue weighted by Gasteiger charge is -2.21. The Morgan fingerprint density at radius 3 is 2.00 bits per heavy atom. The van der Waals surface area contributed by atoms with Crippen molar-refractivity contribution < 1.29 is 0 Å². The third kappa shape index (κ3) is 2.52. The molecular weight excluding hydrogens is 234 g/mol. The first kappa shape index (κ1) is 13.0. The topological polar surface area (TPSA) is 43.8 Å². The first-order valence-corrected chi connectivity index (χ1v) is 8.09. The van der Waals surface area contributed by atoms with Gasteiger partial charge in [-0.05, 0) is 25.7 Å². The molecule has 2 N–H and O–H groups in total. The second-order valence-electron chi connectivity index (χ2n) is 6.47. The summed E-state index contributed by atoms with van der Waals surface area (Å²) in [5.74, 6) is 3.47. The molecule has 3 rings (SSSR count). The van der Waals surface area contributed by atoms with E-state index in [9.17, 15) is 0 Å². The lowest BCUT2D eigenvalue weighted by Crippen LogP contribution is -2.11. The quantitative estimate of drug-likeness (QED) is 0.871. The minimum atomic E-state index is 0.622. The Balaban J connectivity index is 1.85. The van der Waals surface area contributed by atoms with Gasteiger partial charge in [-0.2, -0.15) is 0 Å². The van der Waals surface area contributed by atoms with Crippen molar-refractivity contribution in [3.63, 3.8) is 0 Å². The van der Waals surface area contributed by atoms with Crippen LogP contribution >= 0.6 is 0 Å². The van der Waals surface area contributed by atoms with Crippen LogP contribution in [0.15, 0.2) is 0 Å². The molecule has 0 radical (unpaired) electrons. The van der Waals surface area contributed by atoms with Crippen LogP contribution in [0.3, 0.4) is 0 Å². The van der Waals surface area contributed by atoms with Gasteiger partial charge in [-0.25, -0.2) is 4.98 Å². The molecule has 1 aromatic rings. The zero-order valence-electron chi connectivity index (χ0n) is 12.2. The second-order valence-corrected chi connectivity index (χ2v) is 6.47. The molecule has 0 spiro atoms. The fraction of sp³-hybridized carbons (Fsp3) is 0.812. The highest BCUT2D eigenvalue weighted by Crippen LogP contribution is 2.38. The van der Waals surface area contributed by atoms with E-state index in [2.05, 4.69) is 11.6 Å². The fourth-order valence-electron chi connectivity index (χ4n) is 3.95. The average molecular weight is 261 g/mol. The number of hydrogen-bond donors (Lipinski definition) is 1. The number of anilines is 1. The fourth-order valence-corrected chi connectivity index (χ4v) is 3.95. The van der Waals surface area contributed by atoms with Gasteiger partial charge in [-0.3, -0.25) is 0 Å². The molecule has 3 heteroatoms. The Labute approximate surface area is 116 Å². The largest absolute Gasteiger partial charge is 0.384 e. The Morgan fingerprint density at radius 1 is 0.895 bits per heavy atom. The minimum Gasteiger partial charge on any atom is -0.384 e. The Kier molecular flexibility index (Phi) is 3.81. The van der Waals surface area contributed by atoms with Crippen molar-refractivity contribution in [3.05, 3.63) is 11.5 Å². The summed E-state index contributed by atoms with van der Waals surface area (Å²) in [4.78, 5) is 4.99. The van der Waals surface area contributed by atoms with E-state index in [4.69, 9.17) is 10.7 Å². The van der Waals surface area contributed by atoms with Gasteiger partial charge >= 0.3 is 0 Å². The molecule has 0 bridgehead atoms. The summed E-state index contributed by atoms with van der Waals surface area (Å²) in [6.45, 7) is 0. The van der Waals surface area contributed by atoms with Crippen molar-refractivity contribution in [1.29, 1.82) is 0 Å². The van der Waals surface area contributed by atoms with E-state index in [1.54, 1.807) is 0 Å². The van der Waals surface area contributed by atoms with Gasteiger partial charge < -0.3 is 10.3 Å². The SMILES string of the molecule is Cn1c(C2CCCCC2)nc(C2CCCCC2)c1N. The average Bonchev–Trinajstić information content (AvgIpc) is 2.77. The molecule has 3 nitrogen and oxygen atoms in total. The number of nitrogen functional groups attached to an aromatic ring is 1. The molecule has 1 heterocycles. The predicted molar refractivity (Wildman–Crippen MR) is 79.3 cm³/mol. The molecular formula is C16H27N3. The lowest BCUT2D eigenvalue weighted by molar-refractivity contribution is 0.417. The molecule has 0 aromatic carbocycles. The first-order valence-electron chi connectivity index (χ1n) is 8.09. The van der Waals surface area contributed by atoms with Crippen LogP contribution in [-0.4, -0.2) is 9.55 Å². The summed E-state index contributed by atoms with van der Waals surface area (Å²) in [5, 5.41) is 0. The highest BCUT2D eigenvalue weighted by atomic mass is 15.1. The molecule has 2 aliphatic carbocycles. The third-order valence-corrected chi connectivity index (χ3v) is 5.16. The first-order chi connectivity index (χ1) is 9.27. The zero-order chi connectivity index (χ0) is 13.2. The van der Waals surface area contributed by atoms with E-state index in [0.29, 0.717) is 11.8 Å². The zero-order valence-corrected chi connectivity index (χ0v) is 12.2. The van der Waals surface area contributed by atoms with Crippen molar-refractivity contribution in [3.8, 4) is 0 Å². The summed E-state index contributed by atoms with van der Waals surface area (Å²) in [5.41, 5.74) is 7.55. The van der Waals surface area contributed by atoms with Crippen LogP contribution in [-0.2, 0) is 7.05 Å². The summed E-state index contributed by atoms with van der Waals surface area (Å²) < 4.78 is 2.18. The van der Waals surface area contributed by atoms with E-state index in [1.165, 1.54) is 75.7 Å². The van der Waals surface area contributed by atoms with Gasteiger partial charge in [-0.1, -0.05) is 38.5 Å². The lowest BCUT2D eigenvalue weighted by atomic mass is 9.87. The predicted octanol–water partition coefficient (Wildman–Crippen LogP) is 4.10. The number of rotatable bonds is 2. The van der Waals surface area contributed by atoms with Crippen LogP contribution in [0.2, 0.25) is 0 Å². The second kappa shape index (κ2) is 5.56. The number of imidazole rings is 1. The Bertz CT molecular complexity index is 385. The van der Waals surface area contributed by atoms with Gasteiger partial charge in [0.2, 0.25) is 0 Å². The monoisotopic (exact) mass is 261 g/mol. The molecule has 0 unspecified atom stereocenters. The minimum absolute atomic E-state index is 0.622. The maximum Gasteiger partial charge on any atom is 0.126 e. The van der Waals surface area contributed by atoms with Crippen LogP contribution in [0.4, 0.5) is 5.82 Å². The highest BCUT2D eigenvalue weighted by Gasteiger charge is 2.26. The summed E-state index contributed by atoms with van der Waals surface area (Å²) in [6, 6.07) is 0. The molecule has 19 heavy (non-hydrogen) atoms. The van der Waals surface area contributed by atoms with Crippen molar-refractivity contribution in [2.45, 2.75) is 76.0 Å². The van der Waals surface area contributed by atoms with Gasteiger partial charge in [0.25, 0.3) is 0 Å². The summed E-state index contributed by atoms with van der Waals surface area (Å²) >= 11 is 0. The maximum atomic E-state index is 6.34. The van der Waals surface area contributed by atoms with Crippen molar-refractivity contribution >= 4 is 5.82 Å². The number of hydrogen-bond acceptors (Lipinski definition) is 2. The van der Waals surface area contributed by atoms with Crippen molar-refractivity contribution in [2.24, 2.45) is 7.05 Å². The normalized spacial score (nSPS) is 22.8. The third-order valence-electron chi connectivity index (χ3n) is 5.16. The standard InChI is InChI=1S/C16H27N3/c1-19-15(17)14(12-8-4-2-5-9-12)18-16(19)13-10-6-3-7-11-13/h12-13H,2-11,17H2,1H3. The van der Waals surface area contributed by atoms with Crippen molar-refractivity contribution in [2.75, 3.05) is 5.73 Å². The van der Waals surface area contributed by atoms with Gasteiger partial charge in [0, 0.05) is 18.9 Å². The van der Waals surface area contributed by atoms with E-state index in [0.717, 1.165) is 5.82 Å². The van der Waals surface area contributed by atoms with E-state index >= 15 is 0 Å². The van der Waals surface area contributed by atoms with Crippen LogP contribution in [0.5, 0.6) is 0 Å². The van der Waals surface area contributed by atoms with E-state index in [1.807, 2.05) is 0 Å². The molecule has 0 aliphatic heterocycles. The smallest absolute Gasteiger partial charge is 0.126 e. The molecule has 0 atom stereocenters. The molecule has 106 valence electrons. The van der Waals surface area contributed by atoms with Crippen LogP contribution < -0.4 is 5.73 Å². The molecule has 1 aromatic heterocycles. The van der Waals surface area contributed by atoms with Crippen LogP contribution in [0.1, 0.15) is 87.6 Å². The van der Waals surface area contributed by atoms with E-state index in [-0.39, 0.29) is 0 Å². The Hall–Kier alpha value is -0.990. The van der Waals surface area contributed by atoms with Crippen LogP contribution in [0, 0.1) is 0 Å². The van der Waals surface area contributed by atoms with Gasteiger partial charge in [0.05, 0.1) is 5.69 Å². The van der Waals surface area contributed by atoms with E-state index < -0.39 is 0 Å². The molecule has 0 saturated heterocycles. The number of nitrogens with two attached hydrogens (primary N) is 1. The molecule has 0 amide bonds. The molecule has 2 saturated carbocycles. The maximum absolute atomic E-state index is 6.34. The summed E-state index contributed by atoms with van der Waals surface area (Å²) in [7, 11) is 2.11.